The largest absolute Gasteiger partial charge is 0.478 e. The van der Waals surface area contributed by atoms with Crippen LogP contribution in [0.5, 0.6) is 0 Å². The summed E-state index contributed by atoms with van der Waals surface area (Å²) in [6.07, 6.45) is 1.80. The highest BCUT2D eigenvalue weighted by Gasteiger charge is 2.32. The first-order valence-corrected chi connectivity index (χ1v) is 7.88. The first-order valence-electron chi connectivity index (χ1n) is 7.06. The lowest BCUT2D eigenvalue weighted by Crippen LogP contribution is -2.33. The van der Waals surface area contributed by atoms with Crippen LogP contribution in [0.1, 0.15) is 35.5 Å². The van der Waals surface area contributed by atoms with Gasteiger partial charge in [0.15, 0.2) is 0 Å². The van der Waals surface area contributed by atoms with Crippen LogP contribution in [0.3, 0.4) is 0 Å². The fourth-order valence-corrected chi connectivity index (χ4v) is 4.01. The van der Waals surface area contributed by atoms with E-state index in [-0.39, 0.29) is 17.7 Å². The zero-order chi connectivity index (χ0) is 16.4. The Labute approximate surface area is 134 Å². The van der Waals surface area contributed by atoms with Crippen LogP contribution in [0.25, 0.3) is 20.4 Å². The molecule has 0 spiro atoms. The highest BCUT2D eigenvalue weighted by atomic mass is 32.1. The second kappa shape index (κ2) is 4.59. The molecule has 23 heavy (non-hydrogen) atoms. The first kappa shape index (κ1) is 14.3. The predicted octanol–water partition coefficient (Wildman–Crippen LogP) is 2.08. The van der Waals surface area contributed by atoms with Gasteiger partial charge in [-0.05, 0) is 13.8 Å². The quantitative estimate of drug-likeness (QED) is 0.707. The van der Waals surface area contributed by atoms with Crippen LogP contribution < -0.4 is 5.56 Å². The van der Waals surface area contributed by atoms with Gasteiger partial charge in [-0.1, -0.05) is 0 Å². The monoisotopic (exact) mass is 331 g/mol. The molecule has 0 aromatic carbocycles. The normalized spacial score (nSPS) is 16.6. The Morgan fingerprint density at radius 3 is 3.00 bits per heavy atom. The van der Waals surface area contributed by atoms with E-state index in [0.29, 0.717) is 38.1 Å². The number of nitrogens with one attached hydrogen (secondary N) is 1. The first-order chi connectivity index (χ1) is 10.9. The summed E-state index contributed by atoms with van der Waals surface area (Å²) in [7, 11) is 0. The Bertz CT molecular complexity index is 1030. The van der Waals surface area contributed by atoms with E-state index in [4.69, 9.17) is 4.74 Å². The Balaban J connectivity index is 2.17. The molecular formula is C15H13N3O4S. The number of pyridine rings is 1. The van der Waals surface area contributed by atoms with Gasteiger partial charge in [-0.2, -0.15) is 0 Å². The van der Waals surface area contributed by atoms with E-state index in [1.807, 2.05) is 13.8 Å². The van der Waals surface area contributed by atoms with Crippen molar-refractivity contribution in [1.29, 1.82) is 0 Å². The number of H-pyrrole nitrogens is 1. The second-order valence-corrected chi connectivity index (χ2v) is 7.13. The molecule has 7 nitrogen and oxygen atoms in total. The number of nitrogens with zero attached hydrogens (tertiary/aromatic N) is 2. The Morgan fingerprint density at radius 2 is 2.26 bits per heavy atom. The summed E-state index contributed by atoms with van der Waals surface area (Å²) in [5, 5.41) is 10.1. The van der Waals surface area contributed by atoms with Gasteiger partial charge in [0.25, 0.3) is 5.56 Å². The lowest BCUT2D eigenvalue weighted by molar-refractivity contribution is -0.0415. The number of carbonyl (C=O) groups is 1. The number of carboxylic acid groups (broad SMARTS) is 1. The third-order valence-corrected chi connectivity index (χ3v) is 5.08. The topological polar surface area (TPSA) is 105 Å². The van der Waals surface area contributed by atoms with Crippen LogP contribution in [0.15, 0.2) is 11.1 Å². The highest BCUT2D eigenvalue weighted by molar-refractivity contribution is 7.25. The number of fused-ring (bicyclic) bond motifs is 4. The van der Waals surface area contributed by atoms with E-state index in [9.17, 15) is 14.7 Å². The number of aromatic carboxylic acids is 1. The van der Waals surface area contributed by atoms with E-state index in [1.165, 1.54) is 17.7 Å². The van der Waals surface area contributed by atoms with Crippen molar-refractivity contribution >= 4 is 37.7 Å². The fraction of sp³-hybridized carbons (Fsp3) is 0.333. The zero-order valence-electron chi connectivity index (χ0n) is 12.5. The van der Waals surface area contributed by atoms with E-state index < -0.39 is 11.6 Å². The molecule has 0 saturated heterocycles. The Kier molecular flexibility index (Phi) is 2.85. The summed E-state index contributed by atoms with van der Waals surface area (Å²) in [6.45, 7) is 4.08. The molecule has 0 amide bonds. The second-order valence-electron chi connectivity index (χ2n) is 6.13. The third kappa shape index (κ3) is 2.06. The number of thiophene rings is 1. The zero-order valence-corrected chi connectivity index (χ0v) is 13.3. The van der Waals surface area contributed by atoms with Crippen molar-refractivity contribution in [2.24, 2.45) is 0 Å². The molecule has 0 atom stereocenters. The maximum Gasteiger partial charge on any atom is 0.336 e. The molecule has 4 heterocycles. The van der Waals surface area contributed by atoms with Gasteiger partial charge in [-0.25, -0.2) is 14.8 Å². The Morgan fingerprint density at radius 1 is 1.48 bits per heavy atom. The molecule has 8 heteroatoms. The third-order valence-electron chi connectivity index (χ3n) is 4.01. The maximum absolute atomic E-state index is 12.0. The summed E-state index contributed by atoms with van der Waals surface area (Å²) in [5.74, 6) is -1.06. The standard InChI is InChI=1S/C15H13N3O4S/c1-15(2)3-7-6(4-22-15)8(14(20)21)9-10-11(23-13(9)18-7)12(19)17-5-16-10/h5H,3-4H2,1-2H3,(H,20,21)(H,16,17,19). The number of hydrogen-bond acceptors (Lipinski definition) is 6. The van der Waals surface area contributed by atoms with E-state index >= 15 is 0 Å². The van der Waals surface area contributed by atoms with E-state index in [0.717, 1.165) is 0 Å². The van der Waals surface area contributed by atoms with Crippen LogP contribution in [-0.4, -0.2) is 31.6 Å². The molecule has 0 bridgehead atoms. The summed E-state index contributed by atoms with van der Waals surface area (Å²) >= 11 is 1.17. The summed E-state index contributed by atoms with van der Waals surface area (Å²) < 4.78 is 6.14. The van der Waals surface area contributed by atoms with Crippen LogP contribution in [-0.2, 0) is 17.8 Å². The van der Waals surface area contributed by atoms with E-state index in [1.54, 1.807) is 0 Å². The molecule has 0 aliphatic carbocycles. The minimum Gasteiger partial charge on any atom is -0.478 e. The molecule has 3 aromatic rings. The lowest BCUT2D eigenvalue weighted by Gasteiger charge is -2.31. The van der Waals surface area contributed by atoms with Crippen molar-refractivity contribution in [3.63, 3.8) is 0 Å². The van der Waals surface area contributed by atoms with Crippen LogP contribution >= 0.6 is 11.3 Å². The predicted molar refractivity (Wildman–Crippen MR) is 85.1 cm³/mol. The van der Waals surface area contributed by atoms with Gasteiger partial charge in [-0.15, -0.1) is 11.3 Å². The lowest BCUT2D eigenvalue weighted by atomic mass is 9.92. The van der Waals surface area contributed by atoms with E-state index in [2.05, 4.69) is 15.0 Å². The smallest absolute Gasteiger partial charge is 0.336 e. The molecule has 0 unspecified atom stereocenters. The van der Waals surface area contributed by atoms with Gasteiger partial charge in [0, 0.05) is 12.0 Å². The minimum absolute atomic E-state index is 0.143. The molecule has 0 saturated carbocycles. The van der Waals surface area contributed by atoms with Crippen LogP contribution in [0.4, 0.5) is 0 Å². The van der Waals surface area contributed by atoms with Gasteiger partial charge in [-0.3, -0.25) is 4.79 Å². The van der Waals surface area contributed by atoms with Gasteiger partial charge in [0.05, 0.1) is 40.7 Å². The SMILES string of the molecule is CC1(C)Cc2nc3sc4c(=O)[nH]cnc4c3c(C(=O)O)c2CO1. The van der Waals surface area contributed by atoms with Crippen LogP contribution in [0, 0.1) is 0 Å². The molecule has 2 N–H and O–H groups in total. The summed E-state index contributed by atoms with van der Waals surface area (Å²) in [6, 6.07) is 0. The number of aromatic nitrogens is 3. The number of hydrogen-bond donors (Lipinski definition) is 2. The van der Waals surface area contributed by atoms with Crippen molar-refractivity contribution < 1.29 is 14.6 Å². The van der Waals surface area contributed by atoms with Crippen molar-refractivity contribution in [2.75, 3.05) is 0 Å². The summed E-state index contributed by atoms with van der Waals surface area (Å²) in [5.41, 5.74) is 1.14. The molecule has 1 aliphatic rings. The summed E-state index contributed by atoms with van der Waals surface area (Å²) in [4.78, 5) is 35.7. The Hall–Kier alpha value is -2.32. The maximum atomic E-state index is 12.0. The van der Waals surface area contributed by atoms with Crippen molar-refractivity contribution in [3.05, 3.63) is 33.5 Å². The molecule has 0 fully saturated rings. The van der Waals surface area contributed by atoms with Crippen molar-refractivity contribution in [2.45, 2.75) is 32.5 Å². The number of carboxylic acids is 1. The highest BCUT2D eigenvalue weighted by Crippen LogP contribution is 2.37. The number of rotatable bonds is 1. The van der Waals surface area contributed by atoms with Crippen molar-refractivity contribution in [3.8, 4) is 0 Å². The molecule has 118 valence electrons. The van der Waals surface area contributed by atoms with Crippen LogP contribution in [0.2, 0.25) is 0 Å². The fourth-order valence-electron chi connectivity index (χ4n) is 2.96. The number of ether oxygens (including phenoxy) is 1. The molecule has 3 aromatic heterocycles. The van der Waals surface area contributed by atoms with Gasteiger partial charge < -0.3 is 14.8 Å². The van der Waals surface area contributed by atoms with Gasteiger partial charge in [0.2, 0.25) is 0 Å². The minimum atomic E-state index is -1.06. The van der Waals surface area contributed by atoms with Crippen molar-refractivity contribution in [1.82, 2.24) is 15.0 Å². The molecule has 1 aliphatic heterocycles. The van der Waals surface area contributed by atoms with Gasteiger partial charge in [0.1, 0.15) is 9.53 Å². The molecule has 4 rings (SSSR count). The average molecular weight is 331 g/mol. The average Bonchev–Trinajstić information content (AvgIpc) is 2.83. The number of aromatic amines is 1. The molecule has 0 radical (unpaired) electrons. The van der Waals surface area contributed by atoms with Gasteiger partial charge >= 0.3 is 5.97 Å². The molecular weight excluding hydrogens is 318 g/mol.